The number of amides is 1. The second-order valence-corrected chi connectivity index (χ2v) is 10.1. The Kier molecular flexibility index (Phi) is 9.39. The number of alkyl halides is 3. The summed E-state index contributed by atoms with van der Waals surface area (Å²) < 4.78 is 68.7. The van der Waals surface area contributed by atoms with Crippen LogP contribution in [-0.4, -0.2) is 95.1 Å². The number of hydrogen-bond acceptors (Lipinski definition) is 9. The lowest BCUT2D eigenvalue weighted by atomic mass is 10.1. The van der Waals surface area contributed by atoms with Gasteiger partial charge in [0, 0.05) is 45.0 Å². The van der Waals surface area contributed by atoms with Crippen LogP contribution in [0, 0.1) is 0 Å². The van der Waals surface area contributed by atoms with Crippen LogP contribution in [0.5, 0.6) is 5.75 Å². The SMILES string of the molecule is O=CN(O)C(CCCc1ncccn1)CS(=O)(=O)N1CCN(c2ccc(OCC(F)(F)F)cn2)CC1. The number of hydrogen-bond donors (Lipinski definition) is 1. The van der Waals surface area contributed by atoms with E-state index in [1.165, 1.54) is 22.6 Å². The van der Waals surface area contributed by atoms with E-state index in [2.05, 4.69) is 19.7 Å². The molecule has 198 valence electrons. The molecule has 0 saturated carbocycles. The van der Waals surface area contributed by atoms with Gasteiger partial charge in [0.25, 0.3) is 0 Å². The van der Waals surface area contributed by atoms with Gasteiger partial charge in [0.2, 0.25) is 16.4 Å². The van der Waals surface area contributed by atoms with E-state index in [1.54, 1.807) is 23.4 Å². The number of piperazine rings is 1. The average Bonchev–Trinajstić information content (AvgIpc) is 2.87. The number of halogens is 3. The third kappa shape index (κ3) is 8.27. The average molecular weight is 533 g/mol. The maximum atomic E-state index is 13.0. The first-order valence-corrected chi connectivity index (χ1v) is 12.7. The standard InChI is InChI=1S/C21H27F3N6O5S/c22-21(23,24)15-35-18-5-6-20(27-13-18)28-9-11-29(12-10-28)36(33,34)14-17(30(32)16-31)3-1-4-19-25-7-2-8-26-19/h2,5-8,13,16-17,32H,1,3-4,9-12,14-15H2. The zero-order valence-electron chi connectivity index (χ0n) is 19.3. The molecule has 0 bridgehead atoms. The first-order chi connectivity index (χ1) is 17.1. The summed E-state index contributed by atoms with van der Waals surface area (Å²) in [6, 6.07) is 3.63. The van der Waals surface area contributed by atoms with Crippen LogP contribution in [0.2, 0.25) is 0 Å². The number of ether oxygens (including phenoxy) is 1. The molecular weight excluding hydrogens is 505 g/mol. The number of nitrogens with zero attached hydrogens (tertiary/aromatic N) is 6. The summed E-state index contributed by atoms with van der Waals surface area (Å²) in [4.78, 5) is 25.2. The zero-order chi connectivity index (χ0) is 26.2. The van der Waals surface area contributed by atoms with Gasteiger partial charge in [0.15, 0.2) is 6.61 Å². The summed E-state index contributed by atoms with van der Waals surface area (Å²) in [5, 5.41) is 10.3. The van der Waals surface area contributed by atoms with Crippen LogP contribution in [0.3, 0.4) is 0 Å². The lowest BCUT2D eigenvalue weighted by Gasteiger charge is -2.35. The van der Waals surface area contributed by atoms with Crippen molar-refractivity contribution < 1.29 is 36.3 Å². The molecule has 2 aromatic heterocycles. The fourth-order valence-electron chi connectivity index (χ4n) is 3.69. The highest BCUT2D eigenvalue weighted by Gasteiger charge is 2.32. The minimum Gasteiger partial charge on any atom is -0.483 e. The van der Waals surface area contributed by atoms with E-state index in [-0.39, 0.29) is 31.7 Å². The number of hydroxylamine groups is 2. The highest BCUT2D eigenvalue weighted by Crippen LogP contribution is 2.22. The summed E-state index contributed by atoms with van der Waals surface area (Å²) in [6.45, 7) is -0.509. The van der Waals surface area contributed by atoms with Crippen LogP contribution in [0.25, 0.3) is 0 Å². The van der Waals surface area contributed by atoms with Crippen LogP contribution in [0.4, 0.5) is 19.0 Å². The molecule has 2 aromatic rings. The van der Waals surface area contributed by atoms with Crippen molar-refractivity contribution in [2.45, 2.75) is 31.5 Å². The Balaban J connectivity index is 1.52. The van der Waals surface area contributed by atoms with Crippen LogP contribution in [-0.2, 0) is 21.2 Å². The Hall–Kier alpha value is -3.04. The largest absolute Gasteiger partial charge is 0.483 e. The van der Waals surface area contributed by atoms with E-state index < -0.39 is 34.6 Å². The van der Waals surface area contributed by atoms with Gasteiger partial charge in [0.05, 0.1) is 18.0 Å². The Bertz CT molecular complexity index is 1070. The number of carbonyl (C=O) groups is 1. The van der Waals surface area contributed by atoms with Crippen molar-refractivity contribution in [3.8, 4) is 5.75 Å². The Morgan fingerprint density at radius 3 is 2.42 bits per heavy atom. The molecule has 0 radical (unpaired) electrons. The molecule has 0 spiro atoms. The molecular formula is C21H27F3N6O5S. The molecule has 1 aliphatic rings. The van der Waals surface area contributed by atoms with E-state index in [9.17, 15) is 31.6 Å². The summed E-state index contributed by atoms with van der Waals surface area (Å²) in [7, 11) is -3.80. The highest BCUT2D eigenvalue weighted by molar-refractivity contribution is 7.89. The molecule has 3 heterocycles. The van der Waals surface area contributed by atoms with Crippen molar-refractivity contribution in [3.05, 3.63) is 42.6 Å². The first kappa shape index (κ1) is 27.5. The van der Waals surface area contributed by atoms with Crippen molar-refractivity contribution in [1.82, 2.24) is 24.3 Å². The molecule has 1 fully saturated rings. The summed E-state index contributed by atoms with van der Waals surface area (Å²) >= 11 is 0. The van der Waals surface area contributed by atoms with E-state index in [4.69, 9.17) is 0 Å². The number of sulfonamides is 1. The quantitative estimate of drug-likeness (QED) is 0.246. The Morgan fingerprint density at radius 2 is 1.83 bits per heavy atom. The van der Waals surface area contributed by atoms with Gasteiger partial charge in [-0.05, 0) is 31.0 Å². The molecule has 1 amide bonds. The fourth-order valence-corrected chi connectivity index (χ4v) is 5.42. The van der Waals surface area contributed by atoms with Gasteiger partial charge in [-0.15, -0.1) is 0 Å². The van der Waals surface area contributed by atoms with Crippen molar-refractivity contribution in [2.75, 3.05) is 43.4 Å². The van der Waals surface area contributed by atoms with E-state index >= 15 is 0 Å². The molecule has 1 aliphatic heterocycles. The number of pyridine rings is 1. The molecule has 1 unspecified atom stereocenters. The number of aryl methyl sites for hydroxylation is 1. The minimum atomic E-state index is -4.45. The van der Waals surface area contributed by atoms with E-state index in [0.717, 1.165) is 0 Å². The smallest absolute Gasteiger partial charge is 0.422 e. The zero-order valence-corrected chi connectivity index (χ0v) is 20.1. The second-order valence-electron chi connectivity index (χ2n) is 8.12. The highest BCUT2D eigenvalue weighted by atomic mass is 32.2. The molecule has 1 N–H and O–H groups in total. The van der Waals surface area contributed by atoms with Gasteiger partial charge in [-0.2, -0.15) is 17.5 Å². The Labute approximate surface area is 206 Å². The monoisotopic (exact) mass is 532 g/mol. The molecule has 3 rings (SSSR count). The van der Waals surface area contributed by atoms with Crippen molar-refractivity contribution in [3.63, 3.8) is 0 Å². The number of rotatable bonds is 12. The maximum Gasteiger partial charge on any atom is 0.422 e. The van der Waals surface area contributed by atoms with Crippen molar-refractivity contribution >= 4 is 22.3 Å². The number of anilines is 1. The maximum absolute atomic E-state index is 13.0. The summed E-state index contributed by atoms with van der Waals surface area (Å²) in [6.07, 6.45) is 1.29. The molecule has 1 atom stereocenters. The lowest BCUT2D eigenvalue weighted by molar-refractivity contribution is -0.158. The molecule has 0 aromatic carbocycles. The fraction of sp³-hybridized carbons (Fsp3) is 0.524. The molecule has 15 heteroatoms. The van der Waals surface area contributed by atoms with Gasteiger partial charge in [-0.1, -0.05) is 0 Å². The summed E-state index contributed by atoms with van der Waals surface area (Å²) in [5.41, 5.74) is 0. The van der Waals surface area contributed by atoms with Gasteiger partial charge >= 0.3 is 6.18 Å². The third-order valence-corrected chi connectivity index (χ3v) is 7.48. The number of carbonyl (C=O) groups excluding carboxylic acids is 1. The minimum absolute atomic E-state index is 0.0223. The van der Waals surface area contributed by atoms with Gasteiger partial charge in [-0.25, -0.2) is 28.4 Å². The molecule has 11 nitrogen and oxygen atoms in total. The Morgan fingerprint density at radius 1 is 1.14 bits per heavy atom. The van der Waals surface area contributed by atoms with Gasteiger partial charge in [-0.3, -0.25) is 10.0 Å². The van der Waals surface area contributed by atoms with E-state index in [0.29, 0.717) is 42.6 Å². The molecule has 1 saturated heterocycles. The normalized spacial score (nSPS) is 15.9. The topological polar surface area (TPSA) is 129 Å². The van der Waals surface area contributed by atoms with Crippen molar-refractivity contribution in [1.29, 1.82) is 0 Å². The van der Waals surface area contributed by atoms with Crippen LogP contribution in [0.15, 0.2) is 36.8 Å². The number of aromatic nitrogens is 3. The predicted molar refractivity (Wildman–Crippen MR) is 122 cm³/mol. The lowest BCUT2D eigenvalue weighted by Crippen LogP contribution is -2.51. The summed E-state index contributed by atoms with van der Waals surface area (Å²) in [5.74, 6) is 0.599. The van der Waals surface area contributed by atoms with Gasteiger partial charge in [0.1, 0.15) is 17.4 Å². The predicted octanol–water partition coefficient (Wildman–Crippen LogP) is 1.50. The third-order valence-electron chi connectivity index (χ3n) is 5.52. The van der Waals surface area contributed by atoms with Crippen LogP contribution < -0.4 is 9.64 Å². The van der Waals surface area contributed by atoms with Crippen LogP contribution >= 0.6 is 0 Å². The molecule has 0 aliphatic carbocycles. The van der Waals surface area contributed by atoms with Crippen LogP contribution in [0.1, 0.15) is 18.7 Å². The molecule has 36 heavy (non-hydrogen) atoms. The first-order valence-electron chi connectivity index (χ1n) is 11.1. The second kappa shape index (κ2) is 12.3. The van der Waals surface area contributed by atoms with E-state index in [1.807, 2.05) is 0 Å². The van der Waals surface area contributed by atoms with Gasteiger partial charge < -0.3 is 9.64 Å². The van der Waals surface area contributed by atoms with Crippen molar-refractivity contribution in [2.24, 2.45) is 0 Å².